The lowest BCUT2D eigenvalue weighted by molar-refractivity contribution is 0.440. The Labute approximate surface area is 94.1 Å². The van der Waals surface area contributed by atoms with Crippen LogP contribution in [0.3, 0.4) is 0 Å². The maximum Gasteiger partial charge on any atom is 0.488 e. The number of nitrogens with zero attached hydrogens (tertiary/aromatic N) is 1. The molecule has 6 heteroatoms. The van der Waals surface area contributed by atoms with Gasteiger partial charge in [0.25, 0.3) is 0 Å². The first-order chi connectivity index (χ1) is 7.54. The minimum atomic E-state index is -4.92. The van der Waals surface area contributed by atoms with Gasteiger partial charge in [-0.3, -0.25) is 0 Å². The molecule has 1 saturated heterocycles. The van der Waals surface area contributed by atoms with Crippen molar-refractivity contribution >= 4 is 16.2 Å². The minimum Gasteiger partial charge on any atom is -0.372 e. The summed E-state index contributed by atoms with van der Waals surface area (Å²) in [5.41, 5.74) is 1.00. The molecule has 0 N–H and O–H groups in total. The standard InChI is InChI=1S/C10H12FNO3S/c11-16(13,14)15-10-5-3-9(4-6-10)12-7-1-2-8-12/h3-6H,1-2,7-8H2. The number of rotatable bonds is 3. The summed E-state index contributed by atoms with van der Waals surface area (Å²) >= 11 is 0. The van der Waals surface area contributed by atoms with Gasteiger partial charge in [0.15, 0.2) is 0 Å². The highest BCUT2D eigenvalue weighted by Crippen LogP contribution is 2.23. The average Bonchev–Trinajstić information content (AvgIpc) is 2.69. The molecule has 0 amide bonds. The maximum absolute atomic E-state index is 12.2. The van der Waals surface area contributed by atoms with Crippen molar-refractivity contribution in [3.05, 3.63) is 24.3 Å². The fourth-order valence-corrected chi connectivity index (χ4v) is 2.14. The molecular weight excluding hydrogens is 233 g/mol. The van der Waals surface area contributed by atoms with Crippen LogP contribution in [0.4, 0.5) is 9.57 Å². The number of benzene rings is 1. The van der Waals surface area contributed by atoms with Crippen LogP contribution in [0.5, 0.6) is 5.75 Å². The Hall–Kier alpha value is -1.30. The molecule has 4 nitrogen and oxygen atoms in total. The van der Waals surface area contributed by atoms with Gasteiger partial charge in [0.05, 0.1) is 0 Å². The van der Waals surface area contributed by atoms with Crippen LogP contribution in [0.25, 0.3) is 0 Å². The fraction of sp³-hybridized carbons (Fsp3) is 0.400. The summed E-state index contributed by atoms with van der Waals surface area (Å²) in [5.74, 6) is -0.00885. The van der Waals surface area contributed by atoms with E-state index in [0.717, 1.165) is 31.6 Å². The Morgan fingerprint density at radius 1 is 1.12 bits per heavy atom. The van der Waals surface area contributed by atoms with Crippen molar-refractivity contribution in [2.24, 2.45) is 0 Å². The first kappa shape index (κ1) is 11.2. The lowest BCUT2D eigenvalue weighted by atomic mass is 10.3. The van der Waals surface area contributed by atoms with Gasteiger partial charge in [0.1, 0.15) is 5.75 Å². The van der Waals surface area contributed by atoms with Gasteiger partial charge in [-0.2, -0.15) is 8.42 Å². The highest BCUT2D eigenvalue weighted by atomic mass is 32.3. The molecule has 1 aliphatic heterocycles. The van der Waals surface area contributed by atoms with E-state index in [1.54, 1.807) is 12.1 Å². The van der Waals surface area contributed by atoms with Crippen LogP contribution in [0.15, 0.2) is 24.3 Å². The second-order valence-corrected chi connectivity index (χ2v) is 4.62. The lowest BCUT2D eigenvalue weighted by Gasteiger charge is -2.17. The molecule has 0 aliphatic carbocycles. The third-order valence-electron chi connectivity index (χ3n) is 2.50. The molecule has 0 atom stereocenters. The predicted octanol–water partition coefficient (Wildman–Crippen LogP) is 1.88. The molecular formula is C10H12FNO3S. The van der Waals surface area contributed by atoms with Crippen molar-refractivity contribution in [3.8, 4) is 5.75 Å². The fourth-order valence-electron chi connectivity index (χ4n) is 1.80. The normalized spacial score (nSPS) is 16.4. The number of anilines is 1. The summed E-state index contributed by atoms with van der Waals surface area (Å²) in [6.45, 7) is 2.00. The van der Waals surface area contributed by atoms with Crippen molar-refractivity contribution in [1.82, 2.24) is 0 Å². The van der Waals surface area contributed by atoms with Crippen LogP contribution in [0, 0.1) is 0 Å². The van der Waals surface area contributed by atoms with E-state index in [4.69, 9.17) is 0 Å². The summed E-state index contributed by atoms with van der Waals surface area (Å²) in [6, 6.07) is 6.35. The third-order valence-corrected chi connectivity index (χ3v) is 2.90. The van der Waals surface area contributed by atoms with Crippen molar-refractivity contribution in [1.29, 1.82) is 0 Å². The van der Waals surface area contributed by atoms with E-state index >= 15 is 0 Å². The number of hydrogen-bond donors (Lipinski definition) is 0. The third kappa shape index (κ3) is 2.85. The summed E-state index contributed by atoms with van der Waals surface area (Å²) in [6.07, 6.45) is 2.33. The molecule has 1 heterocycles. The van der Waals surface area contributed by atoms with E-state index in [9.17, 15) is 12.3 Å². The summed E-state index contributed by atoms with van der Waals surface area (Å²) in [7, 11) is -4.92. The van der Waals surface area contributed by atoms with Crippen LogP contribution < -0.4 is 9.08 Å². The second kappa shape index (κ2) is 4.29. The van der Waals surface area contributed by atoms with Gasteiger partial charge in [-0.25, -0.2) is 0 Å². The molecule has 1 aromatic rings. The molecule has 0 unspecified atom stereocenters. The summed E-state index contributed by atoms with van der Waals surface area (Å²) in [5, 5.41) is 0. The molecule has 0 radical (unpaired) electrons. The Kier molecular flexibility index (Phi) is 3.00. The van der Waals surface area contributed by atoms with Gasteiger partial charge in [-0.15, -0.1) is 0 Å². The molecule has 0 bridgehead atoms. The van der Waals surface area contributed by atoms with Crippen LogP contribution in [0.2, 0.25) is 0 Å². The minimum absolute atomic E-state index is 0.00885. The van der Waals surface area contributed by atoms with Crippen LogP contribution >= 0.6 is 0 Å². The van der Waals surface area contributed by atoms with E-state index in [0.29, 0.717) is 0 Å². The number of hydrogen-bond acceptors (Lipinski definition) is 4. The molecule has 1 aromatic carbocycles. The van der Waals surface area contributed by atoms with E-state index < -0.39 is 10.5 Å². The van der Waals surface area contributed by atoms with E-state index in [1.807, 2.05) is 0 Å². The first-order valence-electron chi connectivity index (χ1n) is 5.04. The van der Waals surface area contributed by atoms with Gasteiger partial charge in [-0.05, 0) is 37.1 Å². The SMILES string of the molecule is O=S(=O)(F)Oc1ccc(N2CCCC2)cc1. The average molecular weight is 245 g/mol. The highest BCUT2D eigenvalue weighted by molar-refractivity contribution is 7.81. The van der Waals surface area contributed by atoms with Crippen LogP contribution in [-0.2, 0) is 10.5 Å². The molecule has 2 rings (SSSR count). The largest absolute Gasteiger partial charge is 0.488 e. The monoisotopic (exact) mass is 245 g/mol. The summed E-state index contributed by atoms with van der Waals surface area (Å²) in [4.78, 5) is 2.19. The van der Waals surface area contributed by atoms with Crippen LogP contribution in [-0.4, -0.2) is 21.5 Å². The summed E-state index contributed by atoms with van der Waals surface area (Å²) < 4.78 is 36.8. The van der Waals surface area contributed by atoms with Gasteiger partial charge >= 0.3 is 10.5 Å². The first-order valence-corrected chi connectivity index (χ1v) is 6.34. The molecule has 0 aromatic heterocycles. The van der Waals surface area contributed by atoms with Gasteiger partial charge < -0.3 is 9.08 Å². The topological polar surface area (TPSA) is 46.6 Å². The molecule has 0 saturated carbocycles. The van der Waals surface area contributed by atoms with Gasteiger partial charge in [-0.1, -0.05) is 3.89 Å². The zero-order valence-corrected chi connectivity index (χ0v) is 9.41. The Morgan fingerprint density at radius 2 is 1.69 bits per heavy atom. The Bertz CT molecular complexity index is 451. The van der Waals surface area contributed by atoms with E-state index in [1.165, 1.54) is 12.1 Å². The predicted molar refractivity (Wildman–Crippen MR) is 58.5 cm³/mol. The number of halogens is 1. The molecule has 88 valence electrons. The zero-order valence-electron chi connectivity index (χ0n) is 8.60. The van der Waals surface area contributed by atoms with Crippen molar-refractivity contribution in [3.63, 3.8) is 0 Å². The maximum atomic E-state index is 12.2. The smallest absolute Gasteiger partial charge is 0.372 e. The molecule has 0 spiro atoms. The Balaban J connectivity index is 2.10. The van der Waals surface area contributed by atoms with Crippen molar-refractivity contribution in [2.75, 3.05) is 18.0 Å². The van der Waals surface area contributed by atoms with Gasteiger partial charge in [0, 0.05) is 18.8 Å². The van der Waals surface area contributed by atoms with E-state index in [-0.39, 0.29) is 5.75 Å². The van der Waals surface area contributed by atoms with Crippen LogP contribution in [0.1, 0.15) is 12.8 Å². The molecule has 16 heavy (non-hydrogen) atoms. The second-order valence-electron chi connectivity index (χ2n) is 3.66. The molecule has 1 fully saturated rings. The quantitative estimate of drug-likeness (QED) is 0.763. The van der Waals surface area contributed by atoms with Crippen molar-refractivity contribution < 1.29 is 16.5 Å². The Morgan fingerprint density at radius 3 is 2.19 bits per heavy atom. The molecule has 1 aliphatic rings. The highest BCUT2D eigenvalue weighted by Gasteiger charge is 2.13. The van der Waals surface area contributed by atoms with E-state index in [2.05, 4.69) is 9.08 Å². The lowest BCUT2D eigenvalue weighted by Crippen LogP contribution is -2.17. The van der Waals surface area contributed by atoms with Crippen molar-refractivity contribution in [2.45, 2.75) is 12.8 Å². The van der Waals surface area contributed by atoms with Gasteiger partial charge in [0.2, 0.25) is 0 Å². The zero-order chi connectivity index (χ0) is 11.6.